The first-order valence-corrected chi connectivity index (χ1v) is 16.1. The molecule has 0 aromatic heterocycles. The van der Waals surface area contributed by atoms with Crippen LogP contribution in [0.4, 0.5) is 0 Å². The Bertz CT molecular complexity index is 1080. The van der Waals surface area contributed by atoms with Crippen molar-refractivity contribution in [1.82, 2.24) is 0 Å². The van der Waals surface area contributed by atoms with Crippen LogP contribution in [0.25, 0.3) is 0 Å². The number of hydrogen-bond donors (Lipinski definition) is 3. The molecule has 5 aliphatic carbocycles. The minimum absolute atomic E-state index is 0.0237. The lowest BCUT2D eigenvalue weighted by atomic mass is 9.44. The first kappa shape index (κ1) is 31.0. The van der Waals surface area contributed by atoms with E-state index in [9.17, 15) is 24.9 Å². The third-order valence-corrected chi connectivity index (χ3v) is 13.5. The number of hydrogen-bond acceptors (Lipinski definition) is 7. The molecule has 41 heavy (non-hydrogen) atoms. The molecule has 0 aromatic carbocycles. The number of ether oxygens (including phenoxy) is 2. The van der Waals surface area contributed by atoms with Gasteiger partial charge in [-0.1, -0.05) is 60.1 Å². The molecule has 3 N–H and O–H groups in total. The molecule has 0 amide bonds. The van der Waals surface area contributed by atoms with Crippen LogP contribution in [-0.2, 0) is 19.1 Å². The van der Waals surface area contributed by atoms with Crippen molar-refractivity contribution in [3.05, 3.63) is 11.6 Å². The SMILES string of the molecule is CC(=O)OC1C[C@H]([C@H](C)[C@H]2C[C@]2(C)[C@H](C)C(C)C)[C@]2(C)C1C1C(O)C=C3C[C@@H](O)CC[C@]3(C)C1C(OC(C)=O)[C@H]2O. The average Bonchev–Trinajstić information content (AvgIpc) is 3.48. The highest BCUT2D eigenvalue weighted by atomic mass is 16.6. The van der Waals surface area contributed by atoms with Crippen LogP contribution in [0, 0.1) is 63.6 Å². The Balaban J connectivity index is 1.61. The highest BCUT2D eigenvalue weighted by Gasteiger charge is 2.73. The highest BCUT2D eigenvalue weighted by molar-refractivity contribution is 5.67. The smallest absolute Gasteiger partial charge is 0.303 e. The number of carbonyl (C=O) groups excluding carboxylic acids is 2. The average molecular weight is 575 g/mol. The molecular formula is C34H54O7. The Hall–Kier alpha value is -1.44. The fourth-order valence-electron chi connectivity index (χ4n) is 11.0. The van der Waals surface area contributed by atoms with Crippen LogP contribution >= 0.6 is 0 Å². The predicted molar refractivity (Wildman–Crippen MR) is 155 cm³/mol. The van der Waals surface area contributed by atoms with Crippen molar-refractivity contribution in [3.63, 3.8) is 0 Å². The van der Waals surface area contributed by atoms with Crippen LogP contribution in [0.2, 0.25) is 0 Å². The third kappa shape index (κ3) is 4.63. The second kappa shape index (κ2) is 10.3. The maximum Gasteiger partial charge on any atom is 0.303 e. The largest absolute Gasteiger partial charge is 0.462 e. The Kier molecular flexibility index (Phi) is 7.81. The van der Waals surface area contributed by atoms with Gasteiger partial charge in [-0.25, -0.2) is 0 Å². The van der Waals surface area contributed by atoms with Crippen molar-refractivity contribution in [1.29, 1.82) is 0 Å². The van der Waals surface area contributed by atoms with Crippen molar-refractivity contribution in [2.24, 2.45) is 63.6 Å². The van der Waals surface area contributed by atoms with Crippen LogP contribution in [0.3, 0.4) is 0 Å². The molecule has 7 nitrogen and oxygen atoms in total. The van der Waals surface area contributed by atoms with Gasteiger partial charge >= 0.3 is 11.9 Å². The van der Waals surface area contributed by atoms with Crippen molar-refractivity contribution in [2.45, 2.75) is 125 Å². The quantitative estimate of drug-likeness (QED) is 0.305. The zero-order chi connectivity index (χ0) is 30.4. The van der Waals surface area contributed by atoms with E-state index in [0.29, 0.717) is 43.4 Å². The fraction of sp³-hybridized carbons (Fsp3) is 0.882. The molecule has 7 heteroatoms. The zero-order valence-corrected chi connectivity index (χ0v) is 26.6. The Morgan fingerprint density at radius 1 is 0.951 bits per heavy atom. The molecule has 0 heterocycles. The van der Waals surface area contributed by atoms with Gasteiger partial charge in [0.05, 0.1) is 18.3 Å². The Labute approximate surface area is 246 Å². The van der Waals surface area contributed by atoms with Crippen LogP contribution in [-0.4, -0.2) is 57.8 Å². The first-order valence-electron chi connectivity index (χ1n) is 16.1. The van der Waals surface area contributed by atoms with E-state index in [2.05, 4.69) is 48.5 Å². The Morgan fingerprint density at radius 3 is 2.17 bits per heavy atom. The lowest BCUT2D eigenvalue weighted by Gasteiger charge is -2.63. The molecule has 4 fully saturated rings. The minimum Gasteiger partial charge on any atom is -0.462 e. The van der Waals surface area contributed by atoms with E-state index in [0.717, 1.165) is 12.0 Å². The number of fused-ring (bicyclic) bond motifs is 5. The predicted octanol–water partition coefficient (Wildman–Crippen LogP) is 4.91. The van der Waals surface area contributed by atoms with Gasteiger partial charge in [-0.3, -0.25) is 9.59 Å². The van der Waals surface area contributed by atoms with Crippen LogP contribution < -0.4 is 0 Å². The van der Waals surface area contributed by atoms with Gasteiger partial charge in [0.2, 0.25) is 0 Å². The molecule has 0 spiro atoms. The van der Waals surface area contributed by atoms with E-state index in [1.807, 2.05) is 6.08 Å². The molecule has 0 aliphatic heterocycles. The number of aliphatic hydroxyl groups excluding tert-OH is 3. The molecule has 4 saturated carbocycles. The van der Waals surface area contributed by atoms with Gasteiger partial charge in [-0.2, -0.15) is 0 Å². The van der Waals surface area contributed by atoms with Gasteiger partial charge in [-0.05, 0) is 72.5 Å². The van der Waals surface area contributed by atoms with E-state index in [4.69, 9.17) is 9.47 Å². The summed E-state index contributed by atoms with van der Waals surface area (Å²) in [6, 6.07) is 0. The summed E-state index contributed by atoms with van der Waals surface area (Å²) in [7, 11) is 0. The summed E-state index contributed by atoms with van der Waals surface area (Å²) in [4.78, 5) is 25.0. The van der Waals surface area contributed by atoms with Gasteiger partial charge < -0.3 is 24.8 Å². The third-order valence-electron chi connectivity index (χ3n) is 13.5. The van der Waals surface area contributed by atoms with Crippen LogP contribution in [0.5, 0.6) is 0 Å². The van der Waals surface area contributed by atoms with Gasteiger partial charge in [0, 0.05) is 37.0 Å². The number of rotatable bonds is 6. The zero-order valence-electron chi connectivity index (χ0n) is 26.6. The molecule has 5 aliphatic rings. The molecule has 0 bridgehead atoms. The summed E-state index contributed by atoms with van der Waals surface area (Å²) in [5.74, 6) is 0.0762. The van der Waals surface area contributed by atoms with E-state index in [-0.39, 0.29) is 41.0 Å². The van der Waals surface area contributed by atoms with E-state index in [1.54, 1.807) is 0 Å². The van der Waals surface area contributed by atoms with Crippen molar-refractivity contribution in [3.8, 4) is 0 Å². The van der Waals surface area contributed by atoms with Gasteiger partial charge in [0.1, 0.15) is 12.2 Å². The van der Waals surface area contributed by atoms with Crippen molar-refractivity contribution in [2.75, 3.05) is 0 Å². The molecular weight excluding hydrogens is 520 g/mol. The molecule has 0 radical (unpaired) electrons. The van der Waals surface area contributed by atoms with Gasteiger partial charge in [0.25, 0.3) is 0 Å². The summed E-state index contributed by atoms with van der Waals surface area (Å²) in [5, 5.41) is 34.8. The number of carbonyl (C=O) groups is 2. The standard InChI is InChI=1S/C34H54O7/c1-16(2)18(4)33(8)15-24(33)17(3)23-14-26(40-19(5)35)28-27-25(38)13-21-12-22(37)10-11-32(21,7)29(27)30(41-20(6)36)31(39)34(23,28)9/h13,16-18,22-31,37-39H,10-12,14-15H2,1-9H3/t17-,18+,22-,23+,24+,25?,26?,27?,28?,29?,30?,31+,32-,33+,34+/m0/s1. The van der Waals surface area contributed by atoms with Crippen LogP contribution in [0.15, 0.2) is 11.6 Å². The van der Waals surface area contributed by atoms with Crippen molar-refractivity contribution < 1.29 is 34.4 Å². The molecule has 15 atom stereocenters. The first-order chi connectivity index (χ1) is 19.0. The van der Waals surface area contributed by atoms with E-state index >= 15 is 0 Å². The molecule has 5 rings (SSSR count). The highest BCUT2D eigenvalue weighted by Crippen LogP contribution is 2.71. The van der Waals surface area contributed by atoms with Gasteiger partial charge in [-0.15, -0.1) is 0 Å². The maximum atomic E-state index is 12.6. The summed E-state index contributed by atoms with van der Waals surface area (Å²) in [6.45, 7) is 18.7. The summed E-state index contributed by atoms with van der Waals surface area (Å²) < 4.78 is 12.2. The van der Waals surface area contributed by atoms with Gasteiger partial charge in [0.15, 0.2) is 0 Å². The van der Waals surface area contributed by atoms with E-state index in [1.165, 1.54) is 13.8 Å². The monoisotopic (exact) mass is 574 g/mol. The summed E-state index contributed by atoms with van der Waals surface area (Å²) in [6.07, 6.45) is 1.85. The summed E-state index contributed by atoms with van der Waals surface area (Å²) in [5.41, 5.74) is -0.00389. The van der Waals surface area contributed by atoms with Crippen molar-refractivity contribution >= 4 is 11.9 Å². The molecule has 232 valence electrons. The second-order valence-electron chi connectivity index (χ2n) is 15.7. The summed E-state index contributed by atoms with van der Waals surface area (Å²) >= 11 is 0. The number of aliphatic hydroxyl groups is 3. The van der Waals surface area contributed by atoms with E-state index < -0.39 is 47.3 Å². The topological polar surface area (TPSA) is 113 Å². The lowest BCUT2D eigenvalue weighted by Crippen LogP contribution is -2.68. The Morgan fingerprint density at radius 2 is 1.59 bits per heavy atom. The second-order valence-corrected chi connectivity index (χ2v) is 15.7. The van der Waals surface area contributed by atoms with Crippen LogP contribution in [0.1, 0.15) is 94.4 Å². The minimum atomic E-state index is -0.978. The molecule has 0 saturated heterocycles. The number of esters is 2. The molecule has 6 unspecified atom stereocenters. The fourth-order valence-corrected chi connectivity index (χ4v) is 11.0. The maximum absolute atomic E-state index is 12.6. The normalized spacial score (nSPS) is 50.1. The molecule has 0 aromatic rings. The lowest BCUT2D eigenvalue weighted by molar-refractivity contribution is -0.238.